The van der Waals surface area contributed by atoms with Crippen LogP contribution in [0.25, 0.3) is 0 Å². The molecule has 5 nitrogen and oxygen atoms in total. The lowest BCUT2D eigenvalue weighted by molar-refractivity contribution is -0.134. The van der Waals surface area contributed by atoms with Gasteiger partial charge >= 0.3 is 0 Å². The maximum atomic E-state index is 12.4. The van der Waals surface area contributed by atoms with Crippen molar-refractivity contribution in [1.29, 1.82) is 0 Å². The predicted molar refractivity (Wildman–Crippen MR) is 83.5 cm³/mol. The summed E-state index contributed by atoms with van der Waals surface area (Å²) in [7, 11) is 0. The molecule has 1 saturated heterocycles. The van der Waals surface area contributed by atoms with E-state index in [2.05, 4.69) is 9.97 Å². The zero-order valence-corrected chi connectivity index (χ0v) is 13.1. The lowest BCUT2D eigenvalue weighted by Crippen LogP contribution is -2.44. The molecule has 0 spiro atoms. The fraction of sp³-hybridized carbons (Fsp3) is 0.706. The highest BCUT2D eigenvalue weighted by Gasteiger charge is 2.26. The minimum Gasteiger partial charge on any atom is -0.471 e. The summed E-state index contributed by atoms with van der Waals surface area (Å²) >= 11 is 0. The summed E-state index contributed by atoms with van der Waals surface area (Å²) in [6, 6.07) is 0. The van der Waals surface area contributed by atoms with E-state index in [1.54, 1.807) is 18.6 Å². The molecule has 0 aromatic carbocycles. The molecule has 0 unspecified atom stereocenters. The van der Waals surface area contributed by atoms with Crippen LogP contribution in [0.3, 0.4) is 0 Å². The topological polar surface area (TPSA) is 55.3 Å². The fourth-order valence-corrected chi connectivity index (χ4v) is 3.56. The van der Waals surface area contributed by atoms with Crippen molar-refractivity contribution in [3.8, 4) is 5.88 Å². The van der Waals surface area contributed by atoms with Crippen LogP contribution in [0.2, 0.25) is 0 Å². The molecule has 5 heteroatoms. The summed E-state index contributed by atoms with van der Waals surface area (Å²) in [6.45, 7) is 1.55. The molecule has 0 N–H and O–H groups in total. The Hall–Kier alpha value is -1.65. The second-order valence-corrected chi connectivity index (χ2v) is 6.45. The van der Waals surface area contributed by atoms with Gasteiger partial charge in [0.05, 0.1) is 12.7 Å². The van der Waals surface area contributed by atoms with Crippen molar-refractivity contribution in [2.75, 3.05) is 13.1 Å². The summed E-state index contributed by atoms with van der Waals surface area (Å²) in [5.41, 5.74) is 0. The van der Waals surface area contributed by atoms with Crippen LogP contribution >= 0.6 is 0 Å². The Morgan fingerprint density at radius 2 is 2.09 bits per heavy atom. The minimum atomic E-state index is 0.0425. The minimum absolute atomic E-state index is 0.0425. The fourth-order valence-electron chi connectivity index (χ4n) is 3.56. The standard InChI is InChI=1S/C17H25N3O2/c21-17(8-7-14-4-1-2-5-14)20-11-3-6-15(13-20)22-16-12-18-9-10-19-16/h9-10,12,14-15H,1-8,11,13H2/t15-/m0/s1. The number of nitrogens with zero attached hydrogens (tertiary/aromatic N) is 3. The summed E-state index contributed by atoms with van der Waals surface area (Å²) < 4.78 is 5.85. The van der Waals surface area contributed by atoms with Crippen molar-refractivity contribution >= 4 is 5.91 Å². The molecule has 0 bridgehead atoms. The van der Waals surface area contributed by atoms with E-state index < -0.39 is 0 Å². The smallest absolute Gasteiger partial charge is 0.232 e. The Morgan fingerprint density at radius 3 is 2.86 bits per heavy atom. The normalized spacial score (nSPS) is 22.7. The first-order valence-electron chi connectivity index (χ1n) is 8.52. The second kappa shape index (κ2) is 7.56. The number of rotatable bonds is 5. The van der Waals surface area contributed by atoms with Gasteiger partial charge in [-0.25, -0.2) is 4.98 Å². The molecule has 1 atom stereocenters. The number of amides is 1. The number of hydrogen-bond donors (Lipinski definition) is 0. The Kier molecular flexibility index (Phi) is 5.24. The molecule has 1 aromatic heterocycles. The molecule has 1 aliphatic carbocycles. The molecule has 1 amide bonds. The van der Waals surface area contributed by atoms with E-state index in [1.807, 2.05) is 4.90 Å². The van der Waals surface area contributed by atoms with E-state index in [9.17, 15) is 4.79 Å². The third-order valence-electron chi connectivity index (χ3n) is 4.80. The van der Waals surface area contributed by atoms with Gasteiger partial charge in [0.1, 0.15) is 6.10 Å². The molecule has 1 saturated carbocycles. The maximum absolute atomic E-state index is 12.4. The third kappa shape index (κ3) is 4.18. The van der Waals surface area contributed by atoms with Gasteiger partial charge < -0.3 is 9.64 Å². The van der Waals surface area contributed by atoms with Gasteiger partial charge in [-0.1, -0.05) is 25.7 Å². The Labute approximate surface area is 132 Å². The molecule has 2 fully saturated rings. The number of hydrogen-bond acceptors (Lipinski definition) is 4. The van der Waals surface area contributed by atoms with Crippen LogP contribution in [0.1, 0.15) is 51.4 Å². The van der Waals surface area contributed by atoms with Gasteiger partial charge in [0, 0.05) is 25.4 Å². The quantitative estimate of drug-likeness (QED) is 0.839. The SMILES string of the molecule is O=C(CCC1CCCC1)N1CCC[C@H](Oc2cnccn2)C1. The number of carbonyl (C=O) groups excluding carboxylic acids is 1. The lowest BCUT2D eigenvalue weighted by atomic mass is 10.0. The maximum Gasteiger partial charge on any atom is 0.232 e. The van der Waals surface area contributed by atoms with E-state index >= 15 is 0 Å². The summed E-state index contributed by atoms with van der Waals surface area (Å²) in [5.74, 6) is 1.62. The van der Waals surface area contributed by atoms with Gasteiger partial charge in [0.25, 0.3) is 0 Å². The number of aromatic nitrogens is 2. The van der Waals surface area contributed by atoms with Crippen molar-refractivity contribution in [3.63, 3.8) is 0 Å². The highest BCUT2D eigenvalue weighted by Crippen LogP contribution is 2.29. The molecular formula is C17H25N3O2. The van der Waals surface area contributed by atoms with Gasteiger partial charge in [-0.2, -0.15) is 0 Å². The molecular weight excluding hydrogens is 278 g/mol. The van der Waals surface area contributed by atoms with Crippen molar-refractivity contribution in [3.05, 3.63) is 18.6 Å². The third-order valence-corrected chi connectivity index (χ3v) is 4.80. The molecule has 1 aromatic rings. The van der Waals surface area contributed by atoms with Crippen LogP contribution in [0.5, 0.6) is 5.88 Å². The summed E-state index contributed by atoms with van der Waals surface area (Å²) in [6.07, 6.45) is 14.0. The summed E-state index contributed by atoms with van der Waals surface area (Å²) in [4.78, 5) is 22.5. The van der Waals surface area contributed by atoms with Gasteiger partial charge in [-0.3, -0.25) is 9.78 Å². The highest BCUT2D eigenvalue weighted by molar-refractivity contribution is 5.76. The Bertz CT molecular complexity index is 474. The Morgan fingerprint density at radius 1 is 1.23 bits per heavy atom. The molecule has 3 rings (SSSR count). The van der Waals surface area contributed by atoms with Crippen molar-refractivity contribution in [2.45, 2.75) is 57.5 Å². The van der Waals surface area contributed by atoms with E-state index in [0.717, 1.165) is 31.7 Å². The molecule has 2 aliphatic rings. The largest absolute Gasteiger partial charge is 0.471 e. The van der Waals surface area contributed by atoms with Gasteiger partial charge in [-0.05, 0) is 25.2 Å². The average Bonchev–Trinajstić information content (AvgIpc) is 3.07. The van der Waals surface area contributed by atoms with E-state index in [-0.39, 0.29) is 6.10 Å². The van der Waals surface area contributed by atoms with Crippen molar-refractivity contribution in [2.24, 2.45) is 5.92 Å². The molecule has 22 heavy (non-hydrogen) atoms. The van der Waals surface area contributed by atoms with Crippen LogP contribution in [0.15, 0.2) is 18.6 Å². The highest BCUT2D eigenvalue weighted by atomic mass is 16.5. The first kappa shape index (κ1) is 15.3. The van der Waals surface area contributed by atoms with E-state index in [4.69, 9.17) is 4.74 Å². The van der Waals surface area contributed by atoms with Crippen LogP contribution in [-0.4, -0.2) is 40.0 Å². The average molecular weight is 303 g/mol. The van der Waals surface area contributed by atoms with Gasteiger partial charge in [-0.15, -0.1) is 0 Å². The summed E-state index contributed by atoms with van der Waals surface area (Å²) in [5, 5.41) is 0. The molecule has 1 aliphatic heterocycles. The zero-order chi connectivity index (χ0) is 15.2. The monoisotopic (exact) mass is 303 g/mol. The molecule has 0 radical (unpaired) electrons. The van der Waals surface area contributed by atoms with Gasteiger partial charge in [0.2, 0.25) is 11.8 Å². The number of piperidine rings is 1. The first-order valence-corrected chi connectivity index (χ1v) is 8.52. The zero-order valence-electron chi connectivity index (χ0n) is 13.1. The van der Waals surface area contributed by atoms with E-state index in [0.29, 0.717) is 24.8 Å². The Balaban J connectivity index is 1.46. The van der Waals surface area contributed by atoms with Crippen LogP contribution < -0.4 is 4.74 Å². The number of carbonyl (C=O) groups is 1. The second-order valence-electron chi connectivity index (χ2n) is 6.45. The van der Waals surface area contributed by atoms with Crippen LogP contribution in [-0.2, 0) is 4.79 Å². The molecule has 2 heterocycles. The molecule has 120 valence electrons. The lowest BCUT2D eigenvalue weighted by Gasteiger charge is -2.32. The van der Waals surface area contributed by atoms with Crippen molar-refractivity contribution < 1.29 is 9.53 Å². The van der Waals surface area contributed by atoms with Gasteiger partial charge in [0.15, 0.2) is 0 Å². The number of likely N-dealkylation sites (tertiary alicyclic amines) is 1. The van der Waals surface area contributed by atoms with Crippen molar-refractivity contribution in [1.82, 2.24) is 14.9 Å². The first-order chi connectivity index (χ1) is 10.8. The van der Waals surface area contributed by atoms with E-state index in [1.165, 1.54) is 25.7 Å². The van der Waals surface area contributed by atoms with Crippen LogP contribution in [0, 0.1) is 5.92 Å². The predicted octanol–water partition coefficient (Wildman–Crippen LogP) is 2.82. The van der Waals surface area contributed by atoms with Crippen LogP contribution in [0.4, 0.5) is 0 Å². The number of ether oxygens (including phenoxy) is 1.